The molecule has 164 valence electrons. The first-order valence-electron chi connectivity index (χ1n) is 10.00. The third-order valence-electron chi connectivity index (χ3n) is 5.67. The number of hydrogen-bond acceptors (Lipinski definition) is 5. The summed E-state index contributed by atoms with van der Waals surface area (Å²) >= 11 is 5.81. The fraction of sp³-hybridized carbons (Fsp3) is 0.364. The molecule has 2 heterocycles. The smallest absolute Gasteiger partial charge is 0.333 e. The third-order valence-corrected chi connectivity index (χ3v) is 5.92. The van der Waals surface area contributed by atoms with Gasteiger partial charge in [-0.3, -0.25) is 4.79 Å². The number of esters is 1. The zero-order valence-electron chi connectivity index (χ0n) is 16.8. The lowest BCUT2D eigenvalue weighted by atomic mass is 9.94. The standard InChI is InChI=1S/C22H21ClF2N2O4/c1-2-30-21(29)22-8-7-15(11-26-12-22)27(22)20(28)13-9-17(24)19(18(25)10-13)31-16-5-3-14(23)4-6-16/h3-6,9-10,15,26H,2,7-8,11-12H2,1H3. The Labute approximate surface area is 183 Å². The zero-order valence-corrected chi connectivity index (χ0v) is 17.5. The first-order chi connectivity index (χ1) is 14.9. The monoisotopic (exact) mass is 450 g/mol. The van der Waals surface area contributed by atoms with Crippen molar-refractivity contribution in [3.63, 3.8) is 0 Å². The summed E-state index contributed by atoms with van der Waals surface area (Å²) in [6.07, 6.45) is 1.03. The Kier molecular flexibility index (Phi) is 5.85. The van der Waals surface area contributed by atoms with Crippen LogP contribution in [0.15, 0.2) is 36.4 Å². The van der Waals surface area contributed by atoms with Gasteiger partial charge >= 0.3 is 5.97 Å². The van der Waals surface area contributed by atoms with Crippen molar-refractivity contribution in [2.24, 2.45) is 0 Å². The molecule has 6 nitrogen and oxygen atoms in total. The summed E-state index contributed by atoms with van der Waals surface area (Å²) in [4.78, 5) is 27.4. The lowest BCUT2D eigenvalue weighted by Gasteiger charge is -2.43. The van der Waals surface area contributed by atoms with E-state index in [2.05, 4.69) is 5.32 Å². The van der Waals surface area contributed by atoms with E-state index in [4.69, 9.17) is 21.1 Å². The zero-order chi connectivity index (χ0) is 22.2. The molecule has 0 spiro atoms. The molecule has 1 amide bonds. The van der Waals surface area contributed by atoms with E-state index in [1.807, 2.05) is 0 Å². The number of fused-ring (bicyclic) bond motifs is 2. The Morgan fingerprint density at radius 2 is 1.90 bits per heavy atom. The van der Waals surface area contributed by atoms with Gasteiger partial charge in [-0.05, 0) is 56.2 Å². The molecule has 2 aliphatic rings. The molecule has 2 aromatic rings. The molecule has 0 aliphatic carbocycles. The number of nitrogens with one attached hydrogen (secondary N) is 1. The SMILES string of the molecule is CCOC(=O)C12CCC(CNC1)N2C(=O)c1cc(F)c(Oc2ccc(Cl)cc2)c(F)c1. The van der Waals surface area contributed by atoms with Crippen LogP contribution >= 0.6 is 11.6 Å². The second kappa shape index (κ2) is 8.43. The molecule has 31 heavy (non-hydrogen) atoms. The average molecular weight is 451 g/mol. The normalized spacial score (nSPS) is 22.3. The van der Waals surface area contributed by atoms with Crippen LogP contribution in [0.3, 0.4) is 0 Å². The predicted octanol–water partition coefficient (Wildman–Crippen LogP) is 3.92. The van der Waals surface area contributed by atoms with Crippen LogP contribution in [0, 0.1) is 11.6 Å². The Hall–Kier alpha value is -2.71. The van der Waals surface area contributed by atoms with Crippen LogP contribution < -0.4 is 10.1 Å². The largest absolute Gasteiger partial charge is 0.464 e. The van der Waals surface area contributed by atoms with Crippen molar-refractivity contribution in [3.05, 3.63) is 58.6 Å². The number of benzene rings is 2. The Balaban J connectivity index is 1.64. The van der Waals surface area contributed by atoms with Gasteiger partial charge in [-0.1, -0.05) is 11.6 Å². The van der Waals surface area contributed by atoms with Gasteiger partial charge in [0.25, 0.3) is 5.91 Å². The summed E-state index contributed by atoms with van der Waals surface area (Å²) in [7, 11) is 0. The number of carbonyl (C=O) groups is 2. The van der Waals surface area contributed by atoms with E-state index in [0.717, 1.165) is 12.1 Å². The molecule has 0 radical (unpaired) electrons. The topological polar surface area (TPSA) is 67.9 Å². The number of nitrogens with zero attached hydrogens (tertiary/aromatic N) is 1. The average Bonchev–Trinajstić information content (AvgIpc) is 2.97. The maximum absolute atomic E-state index is 14.7. The molecule has 2 saturated heterocycles. The van der Waals surface area contributed by atoms with Gasteiger partial charge in [0.15, 0.2) is 22.9 Å². The highest BCUT2D eigenvalue weighted by Crippen LogP contribution is 2.39. The van der Waals surface area contributed by atoms with Crippen LogP contribution in [0.2, 0.25) is 5.02 Å². The second-order valence-corrected chi connectivity index (χ2v) is 8.01. The van der Waals surface area contributed by atoms with E-state index >= 15 is 0 Å². The van der Waals surface area contributed by atoms with Crippen molar-refractivity contribution in [2.75, 3.05) is 19.7 Å². The molecule has 4 rings (SSSR count). The predicted molar refractivity (Wildman–Crippen MR) is 109 cm³/mol. The Morgan fingerprint density at radius 1 is 1.23 bits per heavy atom. The molecular formula is C22H21ClF2N2O4. The van der Waals surface area contributed by atoms with Crippen LogP contribution in [0.1, 0.15) is 30.1 Å². The lowest BCUT2D eigenvalue weighted by Crippen LogP contribution is -2.66. The Morgan fingerprint density at radius 3 is 2.55 bits per heavy atom. The van der Waals surface area contributed by atoms with Crippen LogP contribution in [-0.4, -0.2) is 48.1 Å². The van der Waals surface area contributed by atoms with E-state index in [-0.39, 0.29) is 30.5 Å². The van der Waals surface area contributed by atoms with Gasteiger partial charge in [-0.2, -0.15) is 0 Å². The number of hydrogen-bond donors (Lipinski definition) is 1. The molecular weight excluding hydrogens is 430 g/mol. The lowest BCUT2D eigenvalue weighted by molar-refractivity contribution is -0.156. The molecule has 0 aromatic heterocycles. The summed E-state index contributed by atoms with van der Waals surface area (Å²) in [5.41, 5.74) is -1.37. The minimum absolute atomic E-state index is 0.174. The van der Waals surface area contributed by atoms with Crippen LogP contribution in [-0.2, 0) is 9.53 Å². The number of halogens is 3. The first-order valence-corrected chi connectivity index (χ1v) is 10.4. The maximum Gasteiger partial charge on any atom is 0.333 e. The van der Waals surface area contributed by atoms with E-state index in [1.54, 1.807) is 6.92 Å². The van der Waals surface area contributed by atoms with Crippen LogP contribution in [0.25, 0.3) is 0 Å². The quantitative estimate of drug-likeness (QED) is 0.699. The summed E-state index contributed by atoms with van der Waals surface area (Å²) in [5.74, 6) is -3.60. The van der Waals surface area contributed by atoms with E-state index in [1.165, 1.54) is 29.2 Å². The molecule has 2 unspecified atom stereocenters. The van der Waals surface area contributed by atoms with Crippen LogP contribution in [0.4, 0.5) is 8.78 Å². The van der Waals surface area contributed by atoms with E-state index in [0.29, 0.717) is 24.4 Å². The highest BCUT2D eigenvalue weighted by molar-refractivity contribution is 6.30. The molecule has 2 aliphatic heterocycles. The molecule has 2 atom stereocenters. The molecule has 2 aromatic carbocycles. The fourth-order valence-corrected chi connectivity index (χ4v) is 4.38. The van der Waals surface area contributed by atoms with Crippen molar-refractivity contribution in [3.8, 4) is 11.5 Å². The van der Waals surface area contributed by atoms with Gasteiger partial charge in [0.1, 0.15) is 5.75 Å². The van der Waals surface area contributed by atoms with E-state index < -0.39 is 34.8 Å². The number of ether oxygens (including phenoxy) is 2. The minimum atomic E-state index is -1.18. The molecule has 1 N–H and O–H groups in total. The van der Waals surface area contributed by atoms with Crippen molar-refractivity contribution in [1.82, 2.24) is 10.2 Å². The first kappa shape index (κ1) is 21.5. The van der Waals surface area contributed by atoms with E-state index in [9.17, 15) is 18.4 Å². The summed E-state index contributed by atoms with van der Waals surface area (Å²) in [6, 6.07) is 7.60. The van der Waals surface area contributed by atoms with Gasteiger partial charge in [0.2, 0.25) is 0 Å². The van der Waals surface area contributed by atoms with Gasteiger partial charge in [-0.25, -0.2) is 13.6 Å². The summed E-state index contributed by atoms with van der Waals surface area (Å²) < 4.78 is 40.0. The molecule has 0 saturated carbocycles. The fourth-order valence-electron chi connectivity index (χ4n) is 4.26. The summed E-state index contributed by atoms with van der Waals surface area (Å²) in [6.45, 7) is 2.59. The highest BCUT2D eigenvalue weighted by Gasteiger charge is 2.57. The van der Waals surface area contributed by atoms with Gasteiger partial charge in [-0.15, -0.1) is 0 Å². The summed E-state index contributed by atoms with van der Waals surface area (Å²) in [5, 5.41) is 3.61. The Bertz CT molecular complexity index is 990. The van der Waals surface area contributed by atoms with Gasteiger partial charge in [0, 0.05) is 29.7 Å². The van der Waals surface area contributed by atoms with Gasteiger partial charge in [0.05, 0.1) is 6.61 Å². The van der Waals surface area contributed by atoms with Crippen molar-refractivity contribution >= 4 is 23.5 Å². The molecule has 9 heteroatoms. The van der Waals surface area contributed by atoms with Crippen LogP contribution in [0.5, 0.6) is 11.5 Å². The second-order valence-electron chi connectivity index (χ2n) is 7.58. The number of rotatable bonds is 5. The van der Waals surface area contributed by atoms with Crippen molar-refractivity contribution in [1.29, 1.82) is 0 Å². The molecule has 2 bridgehead atoms. The molecule has 2 fully saturated rings. The number of amides is 1. The van der Waals surface area contributed by atoms with Crippen molar-refractivity contribution < 1.29 is 27.8 Å². The highest BCUT2D eigenvalue weighted by atomic mass is 35.5. The number of carbonyl (C=O) groups excluding carboxylic acids is 2. The maximum atomic E-state index is 14.7. The number of piperazine rings is 1. The van der Waals surface area contributed by atoms with Gasteiger partial charge < -0.3 is 19.7 Å². The third kappa shape index (κ3) is 3.85. The minimum Gasteiger partial charge on any atom is -0.464 e. The van der Waals surface area contributed by atoms with Crippen molar-refractivity contribution in [2.45, 2.75) is 31.3 Å².